The summed E-state index contributed by atoms with van der Waals surface area (Å²) in [6, 6.07) is 6.13. The lowest BCUT2D eigenvalue weighted by atomic mass is 10.1. The third-order valence-electron chi connectivity index (χ3n) is 3.24. The van der Waals surface area contributed by atoms with Gasteiger partial charge >= 0.3 is 4.87 Å². The standard InChI is InChI=1S/C14H16N2O3S/c1-9(15-7-11-8-20-14(17)16-11)10-2-3-12-13(6-10)19-5-4-18-12/h2-3,6,8-9,15H,4-5,7H2,1H3,(H,16,17). The second-order valence-corrected chi connectivity index (χ2v) is 5.52. The summed E-state index contributed by atoms with van der Waals surface area (Å²) in [5.41, 5.74) is 2.04. The van der Waals surface area contributed by atoms with Crippen molar-refractivity contribution in [3.05, 3.63) is 44.5 Å². The van der Waals surface area contributed by atoms with Crippen molar-refractivity contribution in [2.24, 2.45) is 0 Å². The summed E-state index contributed by atoms with van der Waals surface area (Å²) in [5, 5.41) is 5.21. The van der Waals surface area contributed by atoms with Gasteiger partial charge in [0.1, 0.15) is 13.2 Å². The minimum atomic E-state index is -0.0196. The van der Waals surface area contributed by atoms with Crippen LogP contribution in [0.5, 0.6) is 11.5 Å². The molecule has 0 aliphatic carbocycles. The van der Waals surface area contributed by atoms with Gasteiger partial charge in [0, 0.05) is 23.7 Å². The van der Waals surface area contributed by atoms with E-state index in [1.807, 2.05) is 23.6 Å². The van der Waals surface area contributed by atoms with Gasteiger partial charge < -0.3 is 19.8 Å². The quantitative estimate of drug-likeness (QED) is 0.905. The van der Waals surface area contributed by atoms with Gasteiger partial charge in [-0.2, -0.15) is 0 Å². The average molecular weight is 292 g/mol. The van der Waals surface area contributed by atoms with Gasteiger partial charge in [0.25, 0.3) is 0 Å². The largest absolute Gasteiger partial charge is 0.486 e. The molecule has 0 bridgehead atoms. The van der Waals surface area contributed by atoms with Gasteiger partial charge in [0.05, 0.1) is 0 Å². The van der Waals surface area contributed by atoms with Crippen molar-refractivity contribution >= 4 is 11.3 Å². The molecule has 1 aromatic heterocycles. The minimum absolute atomic E-state index is 0.0196. The van der Waals surface area contributed by atoms with Crippen molar-refractivity contribution in [3.63, 3.8) is 0 Å². The van der Waals surface area contributed by atoms with E-state index in [9.17, 15) is 4.79 Å². The van der Waals surface area contributed by atoms with Gasteiger partial charge in [-0.05, 0) is 24.6 Å². The van der Waals surface area contributed by atoms with Crippen molar-refractivity contribution in [2.75, 3.05) is 13.2 Å². The highest BCUT2D eigenvalue weighted by atomic mass is 32.1. The van der Waals surface area contributed by atoms with Gasteiger partial charge in [-0.3, -0.25) is 4.79 Å². The second-order valence-electron chi connectivity index (χ2n) is 4.68. The predicted octanol–water partition coefficient (Wildman–Crippen LogP) is 2.06. The van der Waals surface area contributed by atoms with E-state index < -0.39 is 0 Å². The minimum Gasteiger partial charge on any atom is -0.486 e. The number of fused-ring (bicyclic) bond motifs is 1. The normalized spacial score (nSPS) is 15.1. The van der Waals surface area contributed by atoms with Gasteiger partial charge in [-0.15, -0.1) is 0 Å². The fourth-order valence-corrected chi connectivity index (χ4v) is 2.69. The fraction of sp³-hybridized carbons (Fsp3) is 0.357. The summed E-state index contributed by atoms with van der Waals surface area (Å²) < 4.78 is 11.1. The molecule has 1 aliphatic heterocycles. The Labute approximate surface area is 120 Å². The summed E-state index contributed by atoms with van der Waals surface area (Å²) in [6.45, 7) is 3.91. The molecule has 1 aromatic carbocycles. The summed E-state index contributed by atoms with van der Waals surface area (Å²) in [6.07, 6.45) is 0. The van der Waals surface area contributed by atoms with Crippen LogP contribution >= 0.6 is 11.3 Å². The molecule has 20 heavy (non-hydrogen) atoms. The highest BCUT2D eigenvalue weighted by Crippen LogP contribution is 2.32. The van der Waals surface area contributed by atoms with E-state index >= 15 is 0 Å². The molecule has 0 radical (unpaired) electrons. The van der Waals surface area contributed by atoms with Crippen molar-refractivity contribution in [2.45, 2.75) is 19.5 Å². The van der Waals surface area contributed by atoms with E-state index in [1.54, 1.807) is 0 Å². The van der Waals surface area contributed by atoms with Gasteiger partial charge in [-0.1, -0.05) is 17.4 Å². The van der Waals surface area contributed by atoms with Crippen LogP contribution < -0.4 is 19.7 Å². The SMILES string of the molecule is CC(NCc1csc(=O)[nH]1)c1ccc2c(c1)OCCO2. The van der Waals surface area contributed by atoms with Gasteiger partial charge in [0.15, 0.2) is 11.5 Å². The Morgan fingerprint density at radius 2 is 2.15 bits per heavy atom. The van der Waals surface area contributed by atoms with Crippen LogP contribution in [-0.2, 0) is 6.54 Å². The summed E-state index contributed by atoms with van der Waals surface area (Å²) >= 11 is 1.18. The monoisotopic (exact) mass is 292 g/mol. The van der Waals surface area contributed by atoms with Crippen LogP contribution in [0.4, 0.5) is 0 Å². The smallest absolute Gasteiger partial charge is 0.304 e. The van der Waals surface area contributed by atoms with E-state index in [2.05, 4.69) is 17.2 Å². The zero-order valence-corrected chi connectivity index (χ0v) is 12.0. The number of nitrogens with one attached hydrogen (secondary N) is 2. The molecule has 0 amide bonds. The molecule has 2 heterocycles. The lowest BCUT2D eigenvalue weighted by Crippen LogP contribution is -2.20. The lowest BCUT2D eigenvalue weighted by Gasteiger charge is -2.21. The maximum Gasteiger partial charge on any atom is 0.304 e. The zero-order valence-electron chi connectivity index (χ0n) is 11.1. The molecular formula is C14H16N2O3S. The Morgan fingerprint density at radius 3 is 2.90 bits per heavy atom. The van der Waals surface area contributed by atoms with Crippen molar-refractivity contribution in [1.82, 2.24) is 10.3 Å². The first-order chi connectivity index (χ1) is 9.72. The Morgan fingerprint density at radius 1 is 1.35 bits per heavy atom. The Kier molecular flexibility index (Phi) is 3.75. The van der Waals surface area contributed by atoms with Crippen molar-refractivity contribution in [3.8, 4) is 11.5 Å². The molecule has 0 saturated heterocycles. The van der Waals surface area contributed by atoms with Crippen LogP contribution in [0.1, 0.15) is 24.2 Å². The summed E-state index contributed by atoms with van der Waals surface area (Å²) in [7, 11) is 0. The number of H-pyrrole nitrogens is 1. The highest BCUT2D eigenvalue weighted by molar-refractivity contribution is 7.07. The third-order valence-corrected chi connectivity index (χ3v) is 3.95. The number of ether oxygens (including phenoxy) is 2. The molecule has 0 saturated carbocycles. The molecule has 0 spiro atoms. The number of benzene rings is 1. The molecule has 6 heteroatoms. The Hall–Kier alpha value is -1.79. The highest BCUT2D eigenvalue weighted by Gasteiger charge is 2.14. The van der Waals surface area contributed by atoms with Gasteiger partial charge in [-0.25, -0.2) is 0 Å². The Bertz CT molecular complexity index is 650. The molecule has 5 nitrogen and oxygen atoms in total. The molecular weight excluding hydrogens is 276 g/mol. The second kappa shape index (κ2) is 5.68. The number of rotatable bonds is 4. The van der Waals surface area contributed by atoms with E-state index in [-0.39, 0.29) is 10.9 Å². The van der Waals surface area contributed by atoms with E-state index in [1.165, 1.54) is 11.3 Å². The molecule has 1 unspecified atom stereocenters. The van der Waals surface area contributed by atoms with Crippen LogP contribution in [0.15, 0.2) is 28.4 Å². The molecule has 1 aliphatic rings. The first-order valence-corrected chi connectivity index (χ1v) is 7.40. The molecule has 0 fully saturated rings. The lowest BCUT2D eigenvalue weighted by molar-refractivity contribution is 0.171. The molecule has 2 aromatic rings. The fourth-order valence-electron chi connectivity index (χ4n) is 2.11. The molecule has 3 rings (SSSR count). The Balaban J connectivity index is 1.67. The van der Waals surface area contributed by atoms with Gasteiger partial charge in [0.2, 0.25) is 0 Å². The first kappa shape index (κ1) is 13.2. The number of hydrogen-bond donors (Lipinski definition) is 2. The van der Waals surface area contributed by atoms with Crippen molar-refractivity contribution < 1.29 is 9.47 Å². The van der Waals surface area contributed by atoms with Crippen LogP contribution in [0.2, 0.25) is 0 Å². The van der Waals surface area contributed by atoms with Crippen LogP contribution in [0.3, 0.4) is 0 Å². The average Bonchev–Trinajstić information content (AvgIpc) is 2.90. The van der Waals surface area contributed by atoms with E-state index in [0.29, 0.717) is 19.8 Å². The predicted molar refractivity (Wildman–Crippen MR) is 77.6 cm³/mol. The van der Waals surface area contributed by atoms with Crippen LogP contribution in [-0.4, -0.2) is 18.2 Å². The molecule has 106 valence electrons. The number of aromatic nitrogens is 1. The van der Waals surface area contributed by atoms with Crippen molar-refractivity contribution in [1.29, 1.82) is 0 Å². The third kappa shape index (κ3) is 2.86. The van der Waals surface area contributed by atoms with Crippen LogP contribution in [0.25, 0.3) is 0 Å². The maximum atomic E-state index is 11.1. The van der Waals surface area contributed by atoms with E-state index in [4.69, 9.17) is 9.47 Å². The molecule has 2 N–H and O–H groups in total. The topological polar surface area (TPSA) is 63.4 Å². The molecule has 1 atom stereocenters. The maximum absolute atomic E-state index is 11.1. The number of thiazole rings is 1. The zero-order chi connectivity index (χ0) is 13.9. The first-order valence-electron chi connectivity index (χ1n) is 6.52. The number of aromatic amines is 1. The van der Waals surface area contributed by atoms with Crippen LogP contribution in [0, 0.1) is 0 Å². The summed E-state index contributed by atoms with van der Waals surface area (Å²) in [4.78, 5) is 13.8. The van der Waals surface area contributed by atoms with E-state index in [0.717, 1.165) is 22.8 Å². The summed E-state index contributed by atoms with van der Waals surface area (Å²) in [5.74, 6) is 1.60. The number of hydrogen-bond acceptors (Lipinski definition) is 5.